The fraction of sp³-hybridized carbons (Fsp3) is 0.208. The number of hydrogen-bond donors (Lipinski definition) is 1. The third-order valence-corrected chi connectivity index (χ3v) is 4.95. The second-order valence-corrected chi connectivity index (χ2v) is 6.99. The van der Waals surface area contributed by atoms with Crippen LogP contribution in [0, 0.1) is 0 Å². The van der Waals surface area contributed by atoms with Gasteiger partial charge in [-0.25, -0.2) is 0 Å². The molecule has 0 aliphatic carbocycles. The highest BCUT2D eigenvalue weighted by Crippen LogP contribution is 2.33. The topological polar surface area (TPSA) is 59.0 Å². The number of β-amino-alcohol motifs (C(OH)–C–C–N with tert-alkyl or cyclic N) is 1. The van der Waals surface area contributed by atoms with Crippen molar-refractivity contribution in [3.8, 4) is 22.6 Å². The molecule has 1 saturated heterocycles. The zero-order valence-electron chi connectivity index (χ0n) is 16.0. The molecule has 1 N–H and O–H groups in total. The monoisotopic (exact) mass is 389 g/mol. The van der Waals surface area contributed by atoms with Crippen LogP contribution >= 0.6 is 0 Å². The van der Waals surface area contributed by atoms with Crippen LogP contribution in [0.1, 0.15) is 16.8 Å². The Morgan fingerprint density at radius 3 is 2.07 bits per heavy atom. The third kappa shape index (κ3) is 4.58. The number of carbonyl (C=O) groups excluding carboxylic acids is 1. The Morgan fingerprint density at radius 1 is 0.862 bits per heavy atom. The first-order valence-corrected chi connectivity index (χ1v) is 9.68. The van der Waals surface area contributed by atoms with Crippen molar-refractivity contribution in [1.82, 2.24) is 4.90 Å². The molecule has 29 heavy (non-hydrogen) atoms. The van der Waals surface area contributed by atoms with Crippen LogP contribution in [0.4, 0.5) is 0 Å². The van der Waals surface area contributed by atoms with Crippen molar-refractivity contribution < 1.29 is 19.4 Å². The van der Waals surface area contributed by atoms with E-state index in [1.807, 2.05) is 12.1 Å². The highest BCUT2D eigenvalue weighted by Gasteiger charge is 2.26. The fourth-order valence-corrected chi connectivity index (χ4v) is 3.40. The van der Waals surface area contributed by atoms with Gasteiger partial charge in [0.25, 0.3) is 5.91 Å². The van der Waals surface area contributed by atoms with E-state index in [1.54, 1.807) is 23.1 Å². The lowest BCUT2D eigenvalue weighted by molar-refractivity contribution is 0.0764. The van der Waals surface area contributed by atoms with Crippen LogP contribution < -0.4 is 9.47 Å². The largest absolute Gasteiger partial charge is 0.454 e. The lowest BCUT2D eigenvalue weighted by Crippen LogP contribution is -2.29. The number of likely N-dealkylation sites (tertiary alicyclic amines) is 1. The number of benzene rings is 3. The minimum absolute atomic E-state index is 0.0696. The summed E-state index contributed by atoms with van der Waals surface area (Å²) in [5, 5.41) is 9.41. The first-order chi connectivity index (χ1) is 14.2. The van der Waals surface area contributed by atoms with E-state index in [0.29, 0.717) is 36.6 Å². The van der Waals surface area contributed by atoms with E-state index in [-0.39, 0.29) is 12.7 Å². The van der Waals surface area contributed by atoms with Crippen LogP contribution in [0.5, 0.6) is 11.5 Å². The SMILES string of the molecule is O=C(c1ccc2c(c1)OCO2)N1CCC(O)C1.c1ccc(-c2ccccc2)cc1. The van der Waals surface area contributed by atoms with Crippen molar-refractivity contribution in [3.63, 3.8) is 0 Å². The van der Waals surface area contributed by atoms with Crippen molar-refractivity contribution in [1.29, 1.82) is 0 Å². The van der Waals surface area contributed by atoms with Crippen molar-refractivity contribution in [2.75, 3.05) is 19.9 Å². The van der Waals surface area contributed by atoms with E-state index in [2.05, 4.69) is 48.5 Å². The molecule has 2 aliphatic rings. The number of aliphatic hydroxyl groups excluding tert-OH is 1. The Hall–Kier alpha value is -3.31. The summed E-state index contributed by atoms with van der Waals surface area (Å²) in [5.41, 5.74) is 3.12. The number of amides is 1. The normalized spacial score (nSPS) is 16.9. The lowest BCUT2D eigenvalue weighted by Gasteiger charge is -2.15. The maximum Gasteiger partial charge on any atom is 0.254 e. The molecule has 1 atom stereocenters. The van der Waals surface area contributed by atoms with Gasteiger partial charge in [-0.05, 0) is 35.7 Å². The minimum atomic E-state index is -0.395. The van der Waals surface area contributed by atoms with Crippen molar-refractivity contribution in [2.24, 2.45) is 0 Å². The van der Waals surface area contributed by atoms with Crippen LogP contribution in [0.3, 0.4) is 0 Å². The maximum absolute atomic E-state index is 12.1. The molecule has 0 spiro atoms. The molecule has 0 aromatic heterocycles. The molecule has 3 aromatic carbocycles. The van der Waals surface area contributed by atoms with Gasteiger partial charge in [-0.2, -0.15) is 0 Å². The number of fused-ring (bicyclic) bond motifs is 1. The molecule has 5 rings (SSSR count). The smallest absolute Gasteiger partial charge is 0.254 e. The predicted molar refractivity (Wildman–Crippen MR) is 111 cm³/mol. The van der Waals surface area contributed by atoms with Crippen molar-refractivity contribution in [3.05, 3.63) is 84.4 Å². The predicted octanol–water partition coefficient (Wildman–Crippen LogP) is 3.98. The summed E-state index contributed by atoms with van der Waals surface area (Å²) in [6.45, 7) is 1.22. The summed E-state index contributed by atoms with van der Waals surface area (Å²) in [6, 6.07) is 25.9. The van der Waals surface area contributed by atoms with Crippen molar-refractivity contribution >= 4 is 5.91 Å². The lowest BCUT2D eigenvalue weighted by atomic mass is 10.1. The second kappa shape index (κ2) is 8.80. The molecule has 1 unspecified atom stereocenters. The Balaban J connectivity index is 0.000000150. The average Bonchev–Trinajstić information content (AvgIpc) is 3.43. The molecule has 2 heterocycles. The molecule has 1 amide bonds. The van der Waals surface area contributed by atoms with E-state index >= 15 is 0 Å². The first kappa shape index (κ1) is 19.0. The van der Waals surface area contributed by atoms with Gasteiger partial charge in [-0.1, -0.05) is 60.7 Å². The van der Waals surface area contributed by atoms with Gasteiger partial charge in [0.1, 0.15) is 0 Å². The summed E-state index contributed by atoms with van der Waals surface area (Å²) in [6.07, 6.45) is 0.254. The number of hydrogen-bond acceptors (Lipinski definition) is 4. The second-order valence-electron chi connectivity index (χ2n) is 6.99. The minimum Gasteiger partial charge on any atom is -0.454 e. The Kier molecular flexibility index (Phi) is 5.77. The van der Waals surface area contributed by atoms with Crippen LogP contribution in [-0.4, -0.2) is 41.9 Å². The van der Waals surface area contributed by atoms with E-state index in [0.717, 1.165) is 0 Å². The van der Waals surface area contributed by atoms with Gasteiger partial charge in [0.2, 0.25) is 6.79 Å². The van der Waals surface area contributed by atoms with E-state index < -0.39 is 6.10 Å². The fourth-order valence-electron chi connectivity index (χ4n) is 3.40. The van der Waals surface area contributed by atoms with Gasteiger partial charge in [-0.15, -0.1) is 0 Å². The summed E-state index contributed by atoms with van der Waals surface area (Å²) in [5.74, 6) is 1.21. The Labute approximate surface area is 170 Å². The summed E-state index contributed by atoms with van der Waals surface area (Å²) in [4.78, 5) is 13.8. The maximum atomic E-state index is 12.1. The molecule has 0 bridgehead atoms. The van der Waals surface area contributed by atoms with Crippen LogP contribution in [0.25, 0.3) is 11.1 Å². The van der Waals surface area contributed by atoms with E-state index in [9.17, 15) is 9.90 Å². The highest BCUT2D eigenvalue weighted by molar-refractivity contribution is 5.95. The first-order valence-electron chi connectivity index (χ1n) is 9.68. The molecular weight excluding hydrogens is 366 g/mol. The number of ether oxygens (including phenoxy) is 2. The number of aliphatic hydroxyl groups is 1. The molecule has 1 fully saturated rings. The number of rotatable bonds is 2. The molecule has 0 saturated carbocycles. The van der Waals surface area contributed by atoms with E-state index in [1.165, 1.54) is 11.1 Å². The number of carbonyl (C=O) groups is 1. The highest BCUT2D eigenvalue weighted by atomic mass is 16.7. The zero-order valence-corrected chi connectivity index (χ0v) is 16.0. The number of nitrogens with zero attached hydrogens (tertiary/aromatic N) is 1. The van der Waals surface area contributed by atoms with Gasteiger partial charge in [0, 0.05) is 18.7 Å². The molecule has 3 aromatic rings. The van der Waals surface area contributed by atoms with E-state index in [4.69, 9.17) is 9.47 Å². The van der Waals surface area contributed by atoms with Crippen molar-refractivity contribution in [2.45, 2.75) is 12.5 Å². The van der Waals surface area contributed by atoms with Gasteiger partial charge in [0.15, 0.2) is 11.5 Å². The molecule has 148 valence electrons. The molecule has 2 aliphatic heterocycles. The molecule has 0 radical (unpaired) electrons. The third-order valence-electron chi connectivity index (χ3n) is 4.95. The van der Waals surface area contributed by atoms with Gasteiger partial charge in [0.05, 0.1) is 6.10 Å². The molecule has 5 nitrogen and oxygen atoms in total. The van der Waals surface area contributed by atoms with Gasteiger partial charge in [-0.3, -0.25) is 4.79 Å². The molecular formula is C24H23NO4. The van der Waals surface area contributed by atoms with Crippen LogP contribution in [0.15, 0.2) is 78.9 Å². The Bertz CT molecular complexity index is 922. The van der Waals surface area contributed by atoms with Crippen LogP contribution in [-0.2, 0) is 0 Å². The van der Waals surface area contributed by atoms with Gasteiger partial charge >= 0.3 is 0 Å². The summed E-state index contributed by atoms with van der Waals surface area (Å²) in [7, 11) is 0. The summed E-state index contributed by atoms with van der Waals surface area (Å²) >= 11 is 0. The van der Waals surface area contributed by atoms with Gasteiger partial charge < -0.3 is 19.5 Å². The van der Waals surface area contributed by atoms with Crippen LogP contribution in [0.2, 0.25) is 0 Å². The average molecular weight is 389 g/mol. The quantitative estimate of drug-likeness (QED) is 0.720. The summed E-state index contributed by atoms with van der Waals surface area (Å²) < 4.78 is 10.4. The zero-order chi connectivity index (χ0) is 20.1. The molecule has 5 heteroatoms. The Morgan fingerprint density at radius 2 is 1.48 bits per heavy atom. The standard InChI is InChI=1S/C12H13NO4.C12H10/c14-9-3-4-13(6-9)12(15)8-1-2-10-11(5-8)17-7-16-10;1-3-7-11(8-4-1)12-9-5-2-6-10-12/h1-2,5,9,14H,3-4,6-7H2;1-10H.